The average Bonchev–Trinajstić information content (AvgIpc) is 3.21. The lowest BCUT2D eigenvalue weighted by atomic mass is 9.87. The molecule has 120 valence electrons. The van der Waals surface area contributed by atoms with Crippen molar-refractivity contribution in [2.45, 2.75) is 40.0 Å². The number of rotatable bonds is 1. The van der Waals surface area contributed by atoms with E-state index in [0.717, 1.165) is 3.39 Å². The molecule has 1 unspecified atom stereocenters. The molecule has 2 aromatic rings. The number of halogens is 2. The molecule has 4 rings (SSSR count). The standard InChI is InChI=1S/C21H22Br2/c1-18(2)19(3,4)21(18)16(17(22)23)20(21,5)15-12-8-10-13-9-6-7-11-14(13)15/h6-12H,1-5H3. The van der Waals surface area contributed by atoms with Gasteiger partial charge in [0.1, 0.15) is 0 Å². The molecule has 2 fully saturated rings. The van der Waals surface area contributed by atoms with Gasteiger partial charge in [-0.3, -0.25) is 0 Å². The van der Waals surface area contributed by atoms with E-state index in [-0.39, 0.29) is 21.7 Å². The number of allylic oxidation sites excluding steroid dienone is 1. The van der Waals surface area contributed by atoms with Crippen molar-refractivity contribution < 1.29 is 0 Å². The Kier molecular flexibility index (Phi) is 2.99. The molecule has 0 N–H and O–H groups in total. The van der Waals surface area contributed by atoms with Gasteiger partial charge in [-0.2, -0.15) is 0 Å². The first-order chi connectivity index (χ1) is 10.7. The summed E-state index contributed by atoms with van der Waals surface area (Å²) < 4.78 is 1.14. The maximum absolute atomic E-state index is 3.75. The highest BCUT2D eigenvalue weighted by Gasteiger charge is 2.95. The Balaban J connectivity index is 2.04. The smallest absolute Gasteiger partial charge is 0.0611 e. The highest BCUT2D eigenvalue weighted by Crippen LogP contribution is 2.99. The lowest BCUT2D eigenvalue weighted by Crippen LogP contribution is -2.10. The normalized spacial score (nSPS) is 28.9. The van der Waals surface area contributed by atoms with Gasteiger partial charge in [0.15, 0.2) is 0 Å². The molecular weight excluding hydrogens is 412 g/mol. The van der Waals surface area contributed by atoms with Crippen molar-refractivity contribution in [3.8, 4) is 0 Å². The second kappa shape index (κ2) is 4.32. The van der Waals surface area contributed by atoms with Crippen LogP contribution in [0.3, 0.4) is 0 Å². The van der Waals surface area contributed by atoms with Gasteiger partial charge in [0.05, 0.1) is 3.39 Å². The molecule has 0 aliphatic heterocycles. The lowest BCUT2D eigenvalue weighted by molar-refractivity contribution is 0.457. The monoisotopic (exact) mass is 432 g/mol. The predicted molar refractivity (Wildman–Crippen MR) is 106 cm³/mol. The summed E-state index contributed by atoms with van der Waals surface area (Å²) in [4.78, 5) is 0. The van der Waals surface area contributed by atoms with Crippen molar-refractivity contribution in [2.24, 2.45) is 16.2 Å². The third kappa shape index (κ3) is 1.46. The molecule has 0 radical (unpaired) electrons. The molecule has 1 atom stereocenters. The van der Waals surface area contributed by atoms with Gasteiger partial charge in [0.2, 0.25) is 0 Å². The van der Waals surface area contributed by atoms with E-state index in [4.69, 9.17) is 0 Å². The summed E-state index contributed by atoms with van der Waals surface area (Å²) in [5.41, 5.74) is 3.85. The van der Waals surface area contributed by atoms with Crippen LogP contribution in [-0.4, -0.2) is 0 Å². The topological polar surface area (TPSA) is 0 Å². The second-order valence-corrected chi connectivity index (χ2v) is 10.9. The number of hydrogen-bond donors (Lipinski definition) is 0. The van der Waals surface area contributed by atoms with Gasteiger partial charge in [-0.25, -0.2) is 0 Å². The lowest BCUT2D eigenvalue weighted by Gasteiger charge is -2.16. The SMILES string of the molecule is CC1(c2cccc3ccccc23)C(=C(Br)Br)C12C(C)(C)C2(C)C. The Bertz CT molecular complexity index is 849. The number of fused-ring (bicyclic) bond motifs is 1. The Hall–Kier alpha value is -0.600. The van der Waals surface area contributed by atoms with Crippen molar-refractivity contribution in [3.05, 3.63) is 57.0 Å². The third-order valence-corrected chi connectivity index (χ3v) is 8.25. The molecule has 2 aliphatic rings. The summed E-state index contributed by atoms with van der Waals surface area (Å²) in [6, 6.07) is 15.5. The zero-order valence-electron chi connectivity index (χ0n) is 14.3. The van der Waals surface area contributed by atoms with Crippen molar-refractivity contribution >= 4 is 42.6 Å². The molecule has 0 nitrogen and oxygen atoms in total. The molecule has 2 aromatic carbocycles. The van der Waals surface area contributed by atoms with Crippen molar-refractivity contribution in [2.75, 3.05) is 0 Å². The molecule has 0 amide bonds. The van der Waals surface area contributed by atoms with Crippen LogP contribution in [0, 0.1) is 16.2 Å². The fourth-order valence-electron chi connectivity index (χ4n) is 6.05. The van der Waals surface area contributed by atoms with Gasteiger partial charge >= 0.3 is 0 Å². The van der Waals surface area contributed by atoms with E-state index in [1.165, 1.54) is 21.9 Å². The predicted octanol–water partition coefficient (Wildman–Crippen LogP) is 7.16. The van der Waals surface area contributed by atoms with Crippen LogP contribution in [0.5, 0.6) is 0 Å². The first kappa shape index (κ1) is 15.9. The number of benzene rings is 2. The Morgan fingerprint density at radius 2 is 1.35 bits per heavy atom. The zero-order chi connectivity index (χ0) is 16.8. The molecule has 0 aromatic heterocycles. The summed E-state index contributed by atoms with van der Waals surface area (Å²) >= 11 is 7.51. The van der Waals surface area contributed by atoms with E-state index in [2.05, 4.69) is 109 Å². The minimum atomic E-state index is 0.0726. The molecule has 2 saturated carbocycles. The van der Waals surface area contributed by atoms with Crippen molar-refractivity contribution in [1.82, 2.24) is 0 Å². The fourth-order valence-corrected chi connectivity index (χ4v) is 7.44. The highest BCUT2D eigenvalue weighted by atomic mass is 79.9. The van der Waals surface area contributed by atoms with Gasteiger partial charge in [-0.15, -0.1) is 0 Å². The summed E-state index contributed by atoms with van der Waals surface area (Å²) in [7, 11) is 0. The van der Waals surface area contributed by atoms with E-state index < -0.39 is 0 Å². The Morgan fingerprint density at radius 1 is 0.783 bits per heavy atom. The summed E-state index contributed by atoms with van der Waals surface area (Å²) in [5.74, 6) is 0. The minimum Gasteiger partial charge on any atom is -0.0616 e. The van der Waals surface area contributed by atoms with Crippen LogP contribution in [0.2, 0.25) is 0 Å². The zero-order valence-corrected chi connectivity index (χ0v) is 17.5. The Morgan fingerprint density at radius 3 is 1.87 bits per heavy atom. The van der Waals surface area contributed by atoms with Gasteiger partial charge in [0.25, 0.3) is 0 Å². The number of hydrogen-bond acceptors (Lipinski definition) is 0. The summed E-state index contributed by atoms with van der Waals surface area (Å²) in [6.07, 6.45) is 0. The first-order valence-corrected chi connectivity index (χ1v) is 9.79. The maximum atomic E-state index is 3.75. The van der Waals surface area contributed by atoms with Gasteiger partial charge in [-0.05, 0) is 64.6 Å². The average molecular weight is 434 g/mol. The fraction of sp³-hybridized carbons (Fsp3) is 0.429. The molecule has 23 heavy (non-hydrogen) atoms. The third-order valence-electron chi connectivity index (χ3n) is 7.45. The van der Waals surface area contributed by atoms with Gasteiger partial charge < -0.3 is 0 Å². The van der Waals surface area contributed by atoms with Crippen LogP contribution in [-0.2, 0) is 5.41 Å². The van der Waals surface area contributed by atoms with Gasteiger partial charge in [0, 0.05) is 10.8 Å². The minimum absolute atomic E-state index is 0.0726. The van der Waals surface area contributed by atoms with E-state index in [1.807, 2.05) is 0 Å². The second-order valence-electron chi connectivity index (χ2n) is 8.29. The van der Waals surface area contributed by atoms with Crippen LogP contribution >= 0.6 is 31.9 Å². The van der Waals surface area contributed by atoms with Crippen LogP contribution in [0.4, 0.5) is 0 Å². The summed E-state index contributed by atoms with van der Waals surface area (Å²) in [6.45, 7) is 12.1. The first-order valence-electron chi connectivity index (χ1n) is 8.20. The Labute approximate surface area is 155 Å². The molecule has 0 bridgehead atoms. The molecule has 2 heteroatoms. The highest BCUT2D eigenvalue weighted by molar-refractivity contribution is 9.28. The van der Waals surface area contributed by atoms with Crippen molar-refractivity contribution in [1.29, 1.82) is 0 Å². The van der Waals surface area contributed by atoms with E-state index in [0.29, 0.717) is 0 Å². The summed E-state index contributed by atoms with van der Waals surface area (Å²) in [5, 5.41) is 2.71. The molecule has 0 saturated heterocycles. The molecule has 1 spiro atoms. The van der Waals surface area contributed by atoms with Crippen molar-refractivity contribution in [3.63, 3.8) is 0 Å². The van der Waals surface area contributed by atoms with Crippen LogP contribution in [0.15, 0.2) is 51.4 Å². The van der Waals surface area contributed by atoms with E-state index >= 15 is 0 Å². The quantitative estimate of drug-likeness (QED) is 0.447. The maximum Gasteiger partial charge on any atom is 0.0611 e. The van der Waals surface area contributed by atoms with E-state index in [9.17, 15) is 0 Å². The molecule has 2 aliphatic carbocycles. The molecular formula is C21H22Br2. The molecule has 0 heterocycles. The largest absolute Gasteiger partial charge is 0.0616 e. The van der Waals surface area contributed by atoms with E-state index in [1.54, 1.807) is 0 Å². The van der Waals surface area contributed by atoms with Crippen LogP contribution in [0.25, 0.3) is 10.8 Å². The van der Waals surface area contributed by atoms with Crippen LogP contribution in [0.1, 0.15) is 40.2 Å². The van der Waals surface area contributed by atoms with Gasteiger partial charge in [-0.1, -0.05) is 77.1 Å². The van der Waals surface area contributed by atoms with Crippen LogP contribution < -0.4 is 0 Å².